The number of carbonyl (C=O) groups is 2. The molecule has 22 heavy (non-hydrogen) atoms. The van der Waals surface area contributed by atoms with Crippen LogP contribution in [0.4, 0.5) is 0 Å². The van der Waals surface area contributed by atoms with E-state index in [1.165, 1.54) is 5.56 Å². The van der Waals surface area contributed by atoms with Crippen molar-refractivity contribution in [3.05, 3.63) is 35.9 Å². The molecule has 0 radical (unpaired) electrons. The molecule has 4 nitrogen and oxygen atoms in total. The number of carbonyl (C=O) groups excluding carboxylic acids is 1. The van der Waals surface area contributed by atoms with Crippen molar-refractivity contribution in [2.75, 3.05) is 6.54 Å². The first-order chi connectivity index (χ1) is 10.5. The molecule has 0 saturated carbocycles. The lowest BCUT2D eigenvalue weighted by atomic mass is 9.90. The van der Waals surface area contributed by atoms with E-state index in [0.29, 0.717) is 19.4 Å². The Bertz CT molecular complexity index is 514. The van der Waals surface area contributed by atoms with Crippen molar-refractivity contribution in [1.29, 1.82) is 0 Å². The van der Waals surface area contributed by atoms with Gasteiger partial charge in [-0.15, -0.1) is 0 Å². The minimum atomic E-state index is -0.792. The highest BCUT2D eigenvalue weighted by Gasteiger charge is 2.33. The number of benzene rings is 1. The number of carboxylic acid groups (broad SMARTS) is 1. The topological polar surface area (TPSA) is 57.6 Å². The first kappa shape index (κ1) is 16.5. The van der Waals surface area contributed by atoms with Crippen LogP contribution in [0.2, 0.25) is 0 Å². The Balaban J connectivity index is 2.04. The van der Waals surface area contributed by atoms with Gasteiger partial charge in [-0.25, -0.2) is 0 Å². The van der Waals surface area contributed by atoms with Gasteiger partial charge in [0.15, 0.2) is 0 Å². The Kier molecular flexibility index (Phi) is 5.58. The second-order valence-corrected chi connectivity index (χ2v) is 6.23. The normalized spacial score (nSPS) is 23.1. The Hall–Kier alpha value is -1.84. The fraction of sp³-hybridized carbons (Fsp3) is 0.556. The number of hydrogen-bond donors (Lipinski definition) is 1. The molecule has 0 spiro atoms. The highest BCUT2D eigenvalue weighted by Crippen LogP contribution is 2.27. The summed E-state index contributed by atoms with van der Waals surface area (Å²) in [4.78, 5) is 25.6. The van der Waals surface area contributed by atoms with Crippen LogP contribution >= 0.6 is 0 Å². The summed E-state index contributed by atoms with van der Waals surface area (Å²) in [5.74, 6) is -0.933. The van der Waals surface area contributed by atoms with Gasteiger partial charge in [0.1, 0.15) is 0 Å². The van der Waals surface area contributed by atoms with E-state index < -0.39 is 11.9 Å². The van der Waals surface area contributed by atoms with Gasteiger partial charge in [-0.2, -0.15) is 0 Å². The second-order valence-electron chi connectivity index (χ2n) is 6.23. The van der Waals surface area contributed by atoms with E-state index in [1.54, 1.807) is 4.90 Å². The predicted octanol–water partition coefficient (Wildman–Crippen LogP) is 3.28. The number of carboxylic acids is 1. The van der Waals surface area contributed by atoms with Crippen molar-refractivity contribution in [2.24, 2.45) is 5.92 Å². The van der Waals surface area contributed by atoms with Crippen LogP contribution in [-0.2, 0) is 9.59 Å². The minimum Gasteiger partial charge on any atom is -0.481 e. The van der Waals surface area contributed by atoms with E-state index in [1.807, 2.05) is 25.1 Å². The summed E-state index contributed by atoms with van der Waals surface area (Å²) in [6.07, 6.45) is 2.79. The highest BCUT2D eigenvalue weighted by atomic mass is 16.4. The lowest BCUT2D eigenvalue weighted by Crippen LogP contribution is -2.47. The van der Waals surface area contributed by atoms with Gasteiger partial charge >= 0.3 is 5.97 Å². The third kappa shape index (κ3) is 3.87. The van der Waals surface area contributed by atoms with Gasteiger partial charge in [0, 0.05) is 19.0 Å². The van der Waals surface area contributed by atoms with E-state index >= 15 is 0 Å². The molecule has 1 N–H and O–H groups in total. The number of likely N-dealkylation sites (tertiary alicyclic amines) is 1. The fourth-order valence-electron chi connectivity index (χ4n) is 3.21. The van der Waals surface area contributed by atoms with E-state index in [2.05, 4.69) is 19.1 Å². The average Bonchev–Trinajstić information content (AvgIpc) is 2.53. The van der Waals surface area contributed by atoms with Crippen molar-refractivity contribution in [1.82, 2.24) is 4.90 Å². The van der Waals surface area contributed by atoms with E-state index in [-0.39, 0.29) is 17.9 Å². The van der Waals surface area contributed by atoms with Crippen LogP contribution in [0.5, 0.6) is 0 Å². The van der Waals surface area contributed by atoms with Crippen LogP contribution in [-0.4, -0.2) is 34.5 Å². The third-order valence-electron chi connectivity index (χ3n) is 4.74. The molecule has 2 rings (SSSR count). The van der Waals surface area contributed by atoms with Crippen LogP contribution in [0, 0.1) is 5.92 Å². The zero-order chi connectivity index (χ0) is 16.1. The van der Waals surface area contributed by atoms with Gasteiger partial charge in [0.2, 0.25) is 5.91 Å². The molecule has 120 valence electrons. The van der Waals surface area contributed by atoms with Gasteiger partial charge < -0.3 is 10.0 Å². The Morgan fingerprint density at radius 1 is 1.27 bits per heavy atom. The zero-order valence-electron chi connectivity index (χ0n) is 13.4. The maximum atomic E-state index is 12.7. The van der Waals surface area contributed by atoms with E-state index in [4.69, 9.17) is 0 Å². The fourth-order valence-corrected chi connectivity index (χ4v) is 3.21. The maximum Gasteiger partial charge on any atom is 0.308 e. The van der Waals surface area contributed by atoms with Crippen LogP contribution in [0.1, 0.15) is 51.0 Å². The molecule has 1 amide bonds. The molecule has 1 saturated heterocycles. The lowest BCUT2D eigenvalue weighted by Gasteiger charge is -2.37. The van der Waals surface area contributed by atoms with Crippen LogP contribution in [0.3, 0.4) is 0 Å². The molecule has 1 fully saturated rings. The van der Waals surface area contributed by atoms with Crippen LogP contribution < -0.4 is 0 Å². The molecule has 0 aliphatic carbocycles. The summed E-state index contributed by atoms with van der Waals surface area (Å²) >= 11 is 0. The third-order valence-corrected chi connectivity index (χ3v) is 4.74. The summed E-state index contributed by atoms with van der Waals surface area (Å²) in [6.45, 7) is 4.45. The van der Waals surface area contributed by atoms with E-state index in [0.717, 1.165) is 12.8 Å². The van der Waals surface area contributed by atoms with Gasteiger partial charge in [-0.1, -0.05) is 37.3 Å². The number of hydrogen-bond acceptors (Lipinski definition) is 2. The summed E-state index contributed by atoms with van der Waals surface area (Å²) in [7, 11) is 0. The van der Waals surface area contributed by atoms with Crippen molar-refractivity contribution in [3.63, 3.8) is 0 Å². The minimum absolute atomic E-state index is 0.0779. The molecule has 1 aromatic carbocycles. The number of rotatable bonds is 5. The van der Waals surface area contributed by atoms with Crippen molar-refractivity contribution >= 4 is 11.9 Å². The molecular formula is C18H25NO3. The Morgan fingerprint density at radius 2 is 1.95 bits per heavy atom. The first-order valence-corrected chi connectivity index (χ1v) is 8.10. The number of amides is 1. The van der Waals surface area contributed by atoms with Gasteiger partial charge in [0.05, 0.1) is 5.92 Å². The second kappa shape index (κ2) is 7.43. The van der Waals surface area contributed by atoms with Gasteiger partial charge in [-0.3, -0.25) is 9.59 Å². The zero-order valence-corrected chi connectivity index (χ0v) is 13.4. The van der Waals surface area contributed by atoms with Crippen LogP contribution in [0.25, 0.3) is 0 Å². The number of piperidine rings is 1. The summed E-state index contributed by atoms with van der Waals surface area (Å²) < 4.78 is 0. The molecule has 3 unspecified atom stereocenters. The molecular weight excluding hydrogens is 278 g/mol. The summed E-state index contributed by atoms with van der Waals surface area (Å²) in [5, 5.41) is 9.19. The van der Waals surface area contributed by atoms with Crippen molar-refractivity contribution in [2.45, 2.75) is 51.5 Å². The Labute approximate surface area is 132 Å². The summed E-state index contributed by atoms with van der Waals surface area (Å²) in [5.41, 5.74) is 1.18. The predicted molar refractivity (Wildman–Crippen MR) is 85.6 cm³/mol. The smallest absolute Gasteiger partial charge is 0.308 e. The van der Waals surface area contributed by atoms with Gasteiger partial charge in [-0.05, 0) is 37.7 Å². The molecule has 1 aromatic rings. The number of aliphatic carboxylic acids is 1. The average molecular weight is 303 g/mol. The summed E-state index contributed by atoms with van der Waals surface area (Å²) in [6, 6.07) is 10.2. The first-order valence-electron chi connectivity index (χ1n) is 8.10. The van der Waals surface area contributed by atoms with Gasteiger partial charge in [0.25, 0.3) is 0 Å². The molecule has 4 heteroatoms. The van der Waals surface area contributed by atoms with Crippen molar-refractivity contribution in [3.8, 4) is 0 Å². The molecule has 0 aromatic heterocycles. The monoisotopic (exact) mass is 303 g/mol. The molecule has 0 bridgehead atoms. The lowest BCUT2D eigenvalue weighted by molar-refractivity contribution is -0.147. The van der Waals surface area contributed by atoms with Crippen LogP contribution in [0.15, 0.2) is 30.3 Å². The van der Waals surface area contributed by atoms with E-state index in [9.17, 15) is 14.7 Å². The molecule has 1 aliphatic rings. The molecule has 1 aliphatic heterocycles. The largest absolute Gasteiger partial charge is 0.481 e. The SMILES string of the molecule is CCC(CC(=O)N1CC(C(=O)O)CCC1C)c1ccccc1. The Morgan fingerprint density at radius 3 is 2.55 bits per heavy atom. The quantitative estimate of drug-likeness (QED) is 0.908. The number of nitrogens with zero attached hydrogens (tertiary/aromatic N) is 1. The molecule has 1 heterocycles. The maximum absolute atomic E-state index is 12.7. The standard InChI is InChI=1S/C18H25NO3/c1-3-14(15-7-5-4-6-8-15)11-17(20)19-12-16(18(21)22)10-9-13(19)2/h4-8,13-14,16H,3,9-12H2,1-2H3,(H,21,22). The molecule has 3 atom stereocenters. The van der Waals surface area contributed by atoms with Crippen molar-refractivity contribution < 1.29 is 14.7 Å². The highest BCUT2D eigenvalue weighted by molar-refractivity contribution is 5.79.